The number of aliphatic hydroxyl groups excluding tert-OH is 1. The summed E-state index contributed by atoms with van der Waals surface area (Å²) in [5.74, 6) is 0. The first-order valence-corrected chi connectivity index (χ1v) is 10.4. The number of carbonyl (C=O) groups excluding carboxylic acids is 1. The van der Waals surface area contributed by atoms with Gasteiger partial charge in [-0.05, 0) is 44.1 Å². The summed E-state index contributed by atoms with van der Waals surface area (Å²) in [5.41, 5.74) is 1.02. The molecule has 1 aromatic carbocycles. The van der Waals surface area contributed by atoms with Crippen molar-refractivity contribution in [3.05, 3.63) is 35.9 Å². The molecule has 1 amide bonds. The van der Waals surface area contributed by atoms with E-state index in [9.17, 15) is 9.90 Å². The molecular formula is C22H35NO3. The average Bonchev–Trinajstić information content (AvgIpc) is 3.13. The Balaban J connectivity index is 1.64. The molecule has 0 unspecified atom stereocenters. The summed E-state index contributed by atoms with van der Waals surface area (Å²) in [6.45, 7) is 3.33. The van der Waals surface area contributed by atoms with Gasteiger partial charge < -0.3 is 14.7 Å². The van der Waals surface area contributed by atoms with Gasteiger partial charge in [0.1, 0.15) is 6.61 Å². The number of ether oxygens (including phenoxy) is 1. The van der Waals surface area contributed by atoms with Crippen LogP contribution in [0.25, 0.3) is 0 Å². The number of likely N-dealkylation sites (tertiary alicyclic amines) is 1. The minimum atomic E-state index is -0.198. The molecule has 0 aromatic heterocycles. The van der Waals surface area contributed by atoms with Crippen molar-refractivity contribution in [3.63, 3.8) is 0 Å². The Morgan fingerprint density at radius 2 is 1.96 bits per heavy atom. The summed E-state index contributed by atoms with van der Waals surface area (Å²) in [4.78, 5) is 14.3. The molecule has 26 heavy (non-hydrogen) atoms. The van der Waals surface area contributed by atoms with Crippen LogP contribution < -0.4 is 0 Å². The van der Waals surface area contributed by atoms with Crippen LogP contribution in [-0.2, 0) is 11.3 Å². The van der Waals surface area contributed by atoms with E-state index in [4.69, 9.17) is 4.74 Å². The molecule has 4 heteroatoms. The van der Waals surface area contributed by atoms with Crippen molar-refractivity contribution in [2.45, 2.75) is 89.9 Å². The quantitative estimate of drug-likeness (QED) is 0.545. The Kier molecular flexibility index (Phi) is 9.54. The van der Waals surface area contributed by atoms with E-state index in [0.717, 1.165) is 57.1 Å². The molecule has 0 aliphatic carbocycles. The van der Waals surface area contributed by atoms with Crippen LogP contribution in [0.5, 0.6) is 0 Å². The molecule has 2 atom stereocenters. The molecule has 1 aliphatic rings. The maximum absolute atomic E-state index is 12.4. The number of benzene rings is 1. The number of nitrogens with zero attached hydrogens (tertiary/aromatic N) is 1. The van der Waals surface area contributed by atoms with E-state index >= 15 is 0 Å². The van der Waals surface area contributed by atoms with Gasteiger partial charge in [-0.3, -0.25) is 0 Å². The zero-order valence-electron chi connectivity index (χ0n) is 16.2. The van der Waals surface area contributed by atoms with Gasteiger partial charge in [0.15, 0.2) is 0 Å². The smallest absolute Gasteiger partial charge is 0.410 e. The highest BCUT2D eigenvalue weighted by Gasteiger charge is 2.29. The predicted octanol–water partition coefficient (Wildman–Crippen LogP) is 5.29. The normalized spacial score (nSPS) is 18.1. The van der Waals surface area contributed by atoms with Crippen LogP contribution in [0.1, 0.15) is 76.7 Å². The molecule has 0 radical (unpaired) electrons. The number of aliphatic hydroxyl groups is 1. The summed E-state index contributed by atoms with van der Waals surface area (Å²) >= 11 is 0. The van der Waals surface area contributed by atoms with Gasteiger partial charge in [-0.25, -0.2) is 4.79 Å². The number of amides is 1. The van der Waals surface area contributed by atoms with E-state index in [1.54, 1.807) is 0 Å². The molecule has 1 aromatic rings. The summed E-state index contributed by atoms with van der Waals surface area (Å²) < 4.78 is 5.48. The van der Waals surface area contributed by atoms with E-state index in [1.165, 1.54) is 19.3 Å². The van der Waals surface area contributed by atoms with Gasteiger partial charge in [-0.2, -0.15) is 0 Å². The molecule has 1 N–H and O–H groups in total. The lowest BCUT2D eigenvalue weighted by Gasteiger charge is -2.24. The molecule has 1 heterocycles. The third-order valence-electron chi connectivity index (χ3n) is 5.28. The van der Waals surface area contributed by atoms with Crippen molar-refractivity contribution in [1.29, 1.82) is 0 Å². The Bertz CT molecular complexity index is 505. The first-order chi connectivity index (χ1) is 12.7. The summed E-state index contributed by atoms with van der Waals surface area (Å²) in [6.07, 6.45) is 10.2. The first kappa shape index (κ1) is 20.8. The molecule has 146 valence electrons. The minimum Gasteiger partial charge on any atom is -0.445 e. The van der Waals surface area contributed by atoms with Crippen LogP contribution in [0.2, 0.25) is 0 Å². The van der Waals surface area contributed by atoms with E-state index in [-0.39, 0.29) is 18.2 Å². The van der Waals surface area contributed by atoms with Crippen molar-refractivity contribution < 1.29 is 14.6 Å². The molecule has 1 fully saturated rings. The van der Waals surface area contributed by atoms with Crippen LogP contribution in [0.4, 0.5) is 4.79 Å². The standard InChI is InChI=1S/C22H35NO3/c1-2-3-4-8-15-21(24)16-9-13-20-14-10-17-23(20)22(25)26-18-19-11-6-5-7-12-19/h5-7,11-12,20-21,24H,2-4,8-10,13-18H2,1H3/t20-,21+/m1/s1. The van der Waals surface area contributed by atoms with Gasteiger partial charge in [0.05, 0.1) is 6.10 Å². The molecule has 1 aliphatic heterocycles. The number of carbonyl (C=O) groups is 1. The van der Waals surface area contributed by atoms with Crippen molar-refractivity contribution >= 4 is 6.09 Å². The van der Waals surface area contributed by atoms with Crippen LogP contribution in [0.3, 0.4) is 0 Å². The summed E-state index contributed by atoms with van der Waals surface area (Å²) in [5, 5.41) is 10.1. The maximum atomic E-state index is 12.4. The average molecular weight is 362 g/mol. The van der Waals surface area contributed by atoms with Crippen molar-refractivity contribution in [2.24, 2.45) is 0 Å². The second-order valence-electron chi connectivity index (χ2n) is 7.46. The molecule has 4 nitrogen and oxygen atoms in total. The number of hydrogen-bond acceptors (Lipinski definition) is 3. The van der Waals surface area contributed by atoms with Crippen LogP contribution in [0.15, 0.2) is 30.3 Å². The zero-order chi connectivity index (χ0) is 18.6. The fraction of sp³-hybridized carbons (Fsp3) is 0.682. The lowest BCUT2D eigenvalue weighted by molar-refractivity contribution is 0.0889. The topological polar surface area (TPSA) is 49.8 Å². The van der Waals surface area contributed by atoms with Crippen molar-refractivity contribution in [1.82, 2.24) is 4.90 Å². The third-order valence-corrected chi connectivity index (χ3v) is 5.28. The Labute approximate surface area is 158 Å². The maximum Gasteiger partial charge on any atom is 0.410 e. The van der Waals surface area contributed by atoms with E-state index in [1.807, 2.05) is 35.2 Å². The van der Waals surface area contributed by atoms with Crippen molar-refractivity contribution in [3.8, 4) is 0 Å². The molecular weight excluding hydrogens is 326 g/mol. The summed E-state index contributed by atoms with van der Waals surface area (Å²) in [7, 11) is 0. The highest BCUT2D eigenvalue weighted by molar-refractivity contribution is 5.68. The first-order valence-electron chi connectivity index (χ1n) is 10.4. The lowest BCUT2D eigenvalue weighted by atomic mass is 10.0. The van der Waals surface area contributed by atoms with E-state index in [0.29, 0.717) is 6.61 Å². The Morgan fingerprint density at radius 3 is 2.73 bits per heavy atom. The third kappa shape index (κ3) is 7.36. The van der Waals surface area contributed by atoms with Gasteiger partial charge in [-0.15, -0.1) is 0 Å². The fourth-order valence-corrected chi connectivity index (χ4v) is 3.72. The van der Waals surface area contributed by atoms with Crippen LogP contribution in [-0.4, -0.2) is 34.8 Å². The molecule has 0 bridgehead atoms. The predicted molar refractivity (Wildman–Crippen MR) is 105 cm³/mol. The monoisotopic (exact) mass is 361 g/mol. The number of rotatable bonds is 11. The Hall–Kier alpha value is -1.55. The SMILES string of the molecule is CCCCCC[C@H](O)CCC[C@@H]1CCCN1C(=O)OCc1ccccc1. The van der Waals surface area contributed by atoms with Gasteiger partial charge >= 0.3 is 6.09 Å². The number of unbranched alkanes of at least 4 members (excludes halogenated alkanes) is 3. The van der Waals surface area contributed by atoms with Crippen molar-refractivity contribution in [2.75, 3.05) is 6.54 Å². The molecule has 1 saturated heterocycles. The second kappa shape index (κ2) is 11.9. The molecule has 0 spiro atoms. The van der Waals surface area contributed by atoms with Gasteiger partial charge in [-0.1, -0.05) is 62.9 Å². The molecule has 0 saturated carbocycles. The Morgan fingerprint density at radius 1 is 1.19 bits per heavy atom. The van der Waals surface area contributed by atoms with Crippen LogP contribution in [0, 0.1) is 0 Å². The largest absolute Gasteiger partial charge is 0.445 e. The highest BCUT2D eigenvalue weighted by atomic mass is 16.6. The number of hydrogen-bond donors (Lipinski definition) is 1. The summed E-state index contributed by atoms with van der Waals surface area (Å²) in [6, 6.07) is 10.1. The minimum absolute atomic E-state index is 0.188. The fourth-order valence-electron chi connectivity index (χ4n) is 3.72. The van der Waals surface area contributed by atoms with Crippen LogP contribution >= 0.6 is 0 Å². The van der Waals surface area contributed by atoms with Gasteiger partial charge in [0.2, 0.25) is 0 Å². The molecule has 2 rings (SSSR count). The second-order valence-corrected chi connectivity index (χ2v) is 7.46. The highest BCUT2D eigenvalue weighted by Crippen LogP contribution is 2.24. The lowest BCUT2D eigenvalue weighted by Crippen LogP contribution is -2.36. The van der Waals surface area contributed by atoms with Gasteiger partial charge in [0, 0.05) is 12.6 Å². The van der Waals surface area contributed by atoms with E-state index < -0.39 is 0 Å². The van der Waals surface area contributed by atoms with Gasteiger partial charge in [0.25, 0.3) is 0 Å². The van der Waals surface area contributed by atoms with E-state index in [2.05, 4.69) is 6.92 Å². The zero-order valence-corrected chi connectivity index (χ0v) is 16.2.